The van der Waals surface area contributed by atoms with Crippen LogP contribution >= 0.6 is 0 Å². The van der Waals surface area contributed by atoms with Crippen molar-refractivity contribution in [2.45, 2.75) is 12.8 Å². The maximum Gasteiger partial charge on any atom is 0.303 e. The van der Waals surface area contributed by atoms with Crippen LogP contribution in [0.2, 0.25) is 0 Å². The molecule has 68 valence electrons. The van der Waals surface area contributed by atoms with E-state index in [2.05, 4.69) is 4.98 Å². The topological polar surface area (TPSA) is 50.2 Å². The predicted molar refractivity (Wildman–Crippen MR) is 50.1 cm³/mol. The molecule has 1 rings (SSSR count). The summed E-state index contributed by atoms with van der Waals surface area (Å²) >= 11 is 0. The summed E-state index contributed by atoms with van der Waals surface area (Å²) in [6.45, 7) is 0. The minimum absolute atomic E-state index is 0.170. The van der Waals surface area contributed by atoms with Crippen LogP contribution in [-0.4, -0.2) is 16.1 Å². The van der Waals surface area contributed by atoms with Gasteiger partial charge in [-0.15, -0.1) is 0 Å². The summed E-state index contributed by atoms with van der Waals surface area (Å²) in [6, 6.07) is 5.61. The third-order valence-corrected chi connectivity index (χ3v) is 1.50. The highest BCUT2D eigenvalue weighted by molar-refractivity contribution is 5.67. The molecule has 0 bridgehead atoms. The second-order valence-electron chi connectivity index (χ2n) is 2.59. The van der Waals surface area contributed by atoms with E-state index in [-0.39, 0.29) is 6.42 Å². The molecule has 0 aromatic carbocycles. The molecule has 0 spiro atoms. The van der Waals surface area contributed by atoms with Gasteiger partial charge in [-0.05, 0) is 24.6 Å². The molecule has 0 fully saturated rings. The standard InChI is InChI=1S/C10H11NO2/c12-10(13)7-2-1-5-9-6-3-4-8-11-9/h1,3-6,8H,2,7H2,(H,12,13)/b5-1+. The molecule has 13 heavy (non-hydrogen) atoms. The molecule has 0 amide bonds. The Morgan fingerprint density at radius 2 is 2.38 bits per heavy atom. The molecule has 1 heterocycles. The first-order valence-electron chi connectivity index (χ1n) is 4.08. The summed E-state index contributed by atoms with van der Waals surface area (Å²) in [5.74, 6) is -0.773. The van der Waals surface area contributed by atoms with E-state index in [1.165, 1.54) is 0 Å². The van der Waals surface area contributed by atoms with Gasteiger partial charge < -0.3 is 5.11 Å². The van der Waals surface area contributed by atoms with Gasteiger partial charge in [0.1, 0.15) is 0 Å². The quantitative estimate of drug-likeness (QED) is 0.764. The van der Waals surface area contributed by atoms with Crippen LogP contribution in [0.4, 0.5) is 0 Å². The molecule has 3 heteroatoms. The lowest BCUT2D eigenvalue weighted by Crippen LogP contribution is -1.91. The fraction of sp³-hybridized carbons (Fsp3) is 0.200. The average Bonchev–Trinajstić information content (AvgIpc) is 2.14. The monoisotopic (exact) mass is 177 g/mol. The van der Waals surface area contributed by atoms with E-state index in [9.17, 15) is 4.79 Å². The number of allylic oxidation sites excluding steroid dienone is 1. The van der Waals surface area contributed by atoms with Gasteiger partial charge in [0, 0.05) is 12.6 Å². The van der Waals surface area contributed by atoms with Crippen LogP contribution in [-0.2, 0) is 4.79 Å². The van der Waals surface area contributed by atoms with E-state index in [4.69, 9.17) is 5.11 Å². The first-order chi connectivity index (χ1) is 6.29. The van der Waals surface area contributed by atoms with Crippen molar-refractivity contribution in [3.8, 4) is 0 Å². The molecular formula is C10H11NO2. The number of carboxylic acid groups (broad SMARTS) is 1. The van der Waals surface area contributed by atoms with Crippen LogP contribution in [0.15, 0.2) is 30.5 Å². The number of aliphatic carboxylic acids is 1. The van der Waals surface area contributed by atoms with E-state index in [0.717, 1.165) is 5.69 Å². The van der Waals surface area contributed by atoms with Crippen molar-refractivity contribution in [2.75, 3.05) is 0 Å². The lowest BCUT2D eigenvalue weighted by molar-refractivity contribution is -0.136. The average molecular weight is 177 g/mol. The fourth-order valence-corrected chi connectivity index (χ4v) is 0.885. The molecule has 0 aliphatic rings. The van der Waals surface area contributed by atoms with Crippen molar-refractivity contribution in [3.05, 3.63) is 36.2 Å². The van der Waals surface area contributed by atoms with Crippen LogP contribution in [0.5, 0.6) is 0 Å². The van der Waals surface area contributed by atoms with Gasteiger partial charge in [-0.3, -0.25) is 9.78 Å². The second kappa shape index (κ2) is 5.09. The smallest absolute Gasteiger partial charge is 0.303 e. The van der Waals surface area contributed by atoms with Crippen molar-refractivity contribution in [1.29, 1.82) is 0 Å². The molecule has 0 atom stereocenters. The molecule has 1 aromatic heterocycles. The highest BCUT2D eigenvalue weighted by Crippen LogP contribution is 1.99. The van der Waals surface area contributed by atoms with Crippen molar-refractivity contribution >= 4 is 12.0 Å². The van der Waals surface area contributed by atoms with Crippen LogP contribution in [0.25, 0.3) is 6.08 Å². The zero-order valence-corrected chi connectivity index (χ0v) is 7.18. The van der Waals surface area contributed by atoms with E-state index >= 15 is 0 Å². The van der Waals surface area contributed by atoms with E-state index in [1.807, 2.05) is 30.4 Å². The van der Waals surface area contributed by atoms with Crippen LogP contribution in [0.3, 0.4) is 0 Å². The molecule has 0 radical (unpaired) electrons. The Kier molecular flexibility index (Phi) is 3.70. The zero-order chi connectivity index (χ0) is 9.52. The number of nitrogens with zero attached hydrogens (tertiary/aromatic N) is 1. The number of carbonyl (C=O) groups is 1. The summed E-state index contributed by atoms with van der Waals surface area (Å²) in [5, 5.41) is 8.36. The third-order valence-electron chi connectivity index (χ3n) is 1.50. The molecule has 3 nitrogen and oxygen atoms in total. The van der Waals surface area contributed by atoms with Gasteiger partial charge in [0.05, 0.1) is 5.69 Å². The largest absolute Gasteiger partial charge is 0.481 e. The molecular weight excluding hydrogens is 166 g/mol. The van der Waals surface area contributed by atoms with Crippen molar-refractivity contribution in [1.82, 2.24) is 4.98 Å². The number of carboxylic acids is 1. The van der Waals surface area contributed by atoms with Gasteiger partial charge in [0.2, 0.25) is 0 Å². The highest BCUT2D eigenvalue weighted by Gasteiger charge is 1.91. The third kappa shape index (κ3) is 4.06. The summed E-state index contributed by atoms with van der Waals surface area (Å²) in [7, 11) is 0. The Labute approximate surface area is 76.7 Å². The fourth-order valence-electron chi connectivity index (χ4n) is 0.885. The Morgan fingerprint density at radius 3 is 3.00 bits per heavy atom. The van der Waals surface area contributed by atoms with Gasteiger partial charge in [-0.2, -0.15) is 0 Å². The molecule has 0 aliphatic heterocycles. The summed E-state index contributed by atoms with van der Waals surface area (Å²) in [6.07, 6.45) is 6.06. The predicted octanol–water partition coefficient (Wildman–Crippen LogP) is 1.96. The number of hydrogen-bond acceptors (Lipinski definition) is 2. The lowest BCUT2D eigenvalue weighted by Gasteiger charge is -1.90. The van der Waals surface area contributed by atoms with Crippen LogP contribution in [0, 0.1) is 0 Å². The minimum atomic E-state index is -0.773. The minimum Gasteiger partial charge on any atom is -0.481 e. The second-order valence-corrected chi connectivity index (χ2v) is 2.59. The van der Waals surface area contributed by atoms with Crippen LogP contribution < -0.4 is 0 Å². The summed E-state index contributed by atoms with van der Waals surface area (Å²) in [5.41, 5.74) is 0.855. The molecule has 1 aromatic rings. The van der Waals surface area contributed by atoms with Gasteiger partial charge in [-0.1, -0.05) is 12.1 Å². The number of aromatic nitrogens is 1. The number of hydrogen-bond donors (Lipinski definition) is 1. The van der Waals surface area contributed by atoms with Crippen molar-refractivity contribution in [3.63, 3.8) is 0 Å². The van der Waals surface area contributed by atoms with Gasteiger partial charge in [-0.25, -0.2) is 0 Å². The first kappa shape index (κ1) is 9.45. The van der Waals surface area contributed by atoms with Gasteiger partial charge in [0.25, 0.3) is 0 Å². The van der Waals surface area contributed by atoms with Crippen molar-refractivity contribution in [2.24, 2.45) is 0 Å². The Morgan fingerprint density at radius 1 is 1.54 bits per heavy atom. The van der Waals surface area contributed by atoms with Gasteiger partial charge in [0.15, 0.2) is 0 Å². The maximum absolute atomic E-state index is 10.2. The lowest BCUT2D eigenvalue weighted by atomic mass is 10.2. The van der Waals surface area contributed by atoms with Crippen LogP contribution in [0.1, 0.15) is 18.5 Å². The first-order valence-corrected chi connectivity index (χ1v) is 4.08. The van der Waals surface area contributed by atoms with E-state index in [0.29, 0.717) is 6.42 Å². The normalized spacial score (nSPS) is 10.5. The Hall–Kier alpha value is -1.64. The summed E-state index contributed by atoms with van der Waals surface area (Å²) in [4.78, 5) is 14.2. The van der Waals surface area contributed by atoms with E-state index < -0.39 is 5.97 Å². The maximum atomic E-state index is 10.2. The number of rotatable bonds is 4. The molecule has 0 saturated carbocycles. The van der Waals surface area contributed by atoms with Crippen molar-refractivity contribution < 1.29 is 9.90 Å². The highest BCUT2D eigenvalue weighted by atomic mass is 16.4. The molecule has 0 saturated heterocycles. The van der Waals surface area contributed by atoms with Gasteiger partial charge >= 0.3 is 5.97 Å². The Bertz CT molecular complexity index is 293. The molecule has 1 N–H and O–H groups in total. The van der Waals surface area contributed by atoms with E-state index in [1.54, 1.807) is 6.20 Å². The number of pyridine rings is 1. The summed E-state index contributed by atoms with van der Waals surface area (Å²) < 4.78 is 0. The molecule has 0 aliphatic carbocycles. The zero-order valence-electron chi connectivity index (χ0n) is 7.18. The molecule has 0 unspecified atom stereocenters. The Balaban J connectivity index is 2.37. The SMILES string of the molecule is O=C(O)CC/C=C/c1ccccn1.